The number of thioether (sulfide) groups is 1. The van der Waals surface area contributed by atoms with Crippen LogP contribution in [0, 0.1) is 0 Å². The van der Waals surface area contributed by atoms with Crippen molar-refractivity contribution in [3.05, 3.63) is 63.5 Å². The van der Waals surface area contributed by atoms with E-state index in [2.05, 4.69) is 11.1 Å². The van der Waals surface area contributed by atoms with Gasteiger partial charge in [-0.1, -0.05) is 29.8 Å². The van der Waals surface area contributed by atoms with E-state index in [1.165, 1.54) is 17.3 Å². The standard InChI is InChI=1S/C22H21ClN2O2S/c1-14(2)24-22-25(18-8-4-3-7-17(18)23)21(26)20(28-22)13-15-9-10-19-16(12-15)6-5-11-27-19/h3-4,7-10,12-14H,5-6,11H2,1-2H3/b20-13-,24-22-. The van der Waals surface area contributed by atoms with Crippen LogP contribution in [0.2, 0.25) is 5.02 Å². The molecule has 4 nitrogen and oxygen atoms in total. The Labute approximate surface area is 174 Å². The van der Waals surface area contributed by atoms with Crippen LogP contribution in [0.4, 0.5) is 5.69 Å². The van der Waals surface area contributed by atoms with E-state index in [0.717, 1.165) is 30.8 Å². The summed E-state index contributed by atoms with van der Waals surface area (Å²) in [5.41, 5.74) is 2.84. The molecule has 2 heterocycles. The largest absolute Gasteiger partial charge is 0.493 e. The molecule has 6 heteroatoms. The number of rotatable bonds is 3. The van der Waals surface area contributed by atoms with Gasteiger partial charge in [0.15, 0.2) is 5.17 Å². The molecule has 0 unspecified atom stereocenters. The zero-order valence-electron chi connectivity index (χ0n) is 15.8. The van der Waals surface area contributed by atoms with E-state index in [4.69, 9.17) is 16.3 Å². The molecule has 2 aliphatic heterocycles. The van der Waals surface area contributed by atoms with Gasteiger partial charge in [0.25, 0.3) is 5.91 Å². The summed E-state index contributed by atoms with van der Waals surface area (Å²) in [5.74, 6) is 0.838. The minimum Gasteiger partial charge on any atom is -0.493 e. The second-order valence-corrected chi connectivity index (χ2v) is 8.44. The Bertz CT molecular complexity index is 984. The number of aliphatic imine (C=N–C) groups is 1. The highest BCUT2D eigenvalue weighted by molar-refractivity contribution is 8.19. The van der Waals surface area contributed by atoms with Crippen LogP contribution in [0.25, 0.3) is 6.08 Å². The maximum absolute atomic E-state index is 13.2. The molecular formula is C22H21ClN2O2S. The number of amides is 1. The lowest BCUT2D eigenvalue weighted by Gasteiger charge is -2.18. The first-order chi connectivity index (χ1) is 13.5. The van der Waals surface area contributed by atoms with Crippen molar-refractivity contribution in [2.45, 2.75) is 32.7 Å². The van der Waals surface area contributed by atoms with Crippen LogP contribution < -0.4 is 9.64 Å². The zero-order chi connectivity index (χ0) is 19.7. The molecule has 0 N–H and O–H groups in total. The molecule has 0 aliphatic carbocycles. The van der Waals surface area contributed by atoms with Crippen LogP contribution in [-0.2, 0) is 11.2 Å². The van der Waals surface area contributed by atoms with Crippen molar-refractivity contribution in [1.82, 2.24) is 0 Å². The van der Waals surface area contributed by atoms with Crippen LogP contribution in [0.1, 0.15) is 31.4 Å². The lowest BCUT2D eigenvalue weighted by Crippen LogP contribution is -2.29. The fourth-order valence-electron chi connectivity index (χ4n) is 3.25. The van der Waals surface area contributed by atoms with Gasteiger partial charge >= 0.3 is 0 Å². The number of carbonyl (C=O) groups excluding carboxylic acids is 1. The Hall–Kier alpha value is -2.24. The third kappa shape index (κ3) is 3.82. The van der Waals surface area contributed by atoms with Gasteiger partial charge in [0, 0.05) is 6.04 Å². The Morgan fingerprint density at radius 2 is 2.07 bits per heavy atom. The number of nitrogens with zero attached hydrogens (tertiary/aromatic N) is 2. The van der Waals surface area contributed by atoms with Crippen molar-refractivity contribution < 1.29 is 9.53 Å². The Balaban J connectivity index is 1.72. The molecule has 0 atom stereocenters. The number of anilines is 1. The molecule has 0 radical (unpaired) electrons. The number of hydrogen-bond acceptors (Lipinski definition) is 4. The van der Waals surface area contributed by atoms with E-state index < -0.39 is 0 Å². The second-order valence-electron chi connectivity index (χ2n) is 7.03. The van der Waals surface area contributed by atoms with E-state index in [0.29, 0.717) is 20.8 Å². The molecule has 2 aromatic rings. The van der Waals surface area contributed by atoms with Crippen molar-refractivity contribution in [3.8, 4) is 5.75 Å². The van der Waals surface area contributed by atoms with Crippen LogP contribution in [0.15, 0.2) is 52.4 Å². The maximum atomic E-state index is 13.2. The van der Waals surface area contributed by atoms with E-state index in [9.17, 15) is 4.79 Å². The van der Waals surface area contributed by atoms with Crippen molar-refractivity contribution in [2.24, 2.45) is 4.99 Å². The SMILES string of the molecule is CC(C)/N=C1\S/C(=C\c2ccc3c(c2)CCCO3)C(=O)N1c1ccccc1Cl. The molecule has 1 fully saturated rings. The fourth-order valence-corrected chi connectivity index (χ4v) is 4.57. The average Bonchev–Trinajstić information content (AvgIpc) is 2.96. The lowest BCUT2D eigenvalue weighted by atomic mass is 10.0. The number of amidine groups is 1. The number of carbonyl (C=O) groups is 1. The average molecular weight is 413 g/mol. The van der Waals surface area contributed by atoms with Gasteiger partial charge in [0.1, 0.15) is 5.75 Å². The van der Waals surface area contributed by atoms with Gasteiger partial charge in [-0.3, -0.25) is 14.7 Å². The molecular weight excluding hydrogens is 392 g/mol. The van der Waals surface area contributed by atoms with Gasteiger partial charge in [-0.25, -0.2) is 0 Å². The molecule has 144 valence electrons. The van der Waals surface area contributed by atoms with Gasteiger partial charge in [0.05, 0.1) is 22.2 Å². The topological polar surface area (TPSA) is 41.9 Å². The molecule has 1 amide bonds. The number of halogens is 1. The molecule has 28 heavy (non-hydrogen) atoms. The summed E-state index contributed by atoms with van der Waals surface area (Å²) in [6.45, 7) is 4.76. The van der Waals surface area contributed by atoms with Crippen molar-refractivity contribution in [1.29, 1.82) is 0 Å². The van der Waals surface area contributed by atoms with Gasteiger partial charge in [0.2, 0.25) is 0 Å². The van der Waals surface area contributed by atoms with Gasteiger partial charge < -0.3 is 4.74 Å². The van der Waals surface area contributed by atoms with Crippen molar-refractivity contribution >= 4 is 46.2 Å². The molecule has 0 aromatic heterocycles. The number of benzene rings is 2. The lowest BCUT2D eigenvalue weighted by molar-refractivity contribution is -0.113. The highest BCUT2D eigenvalue weighted by Crippen LogP contribution is 2.39. The first kappa shape index (κ1) is 19.1. The monoisotopic (exact) mass is 412 g/mol. The summed E-state index contributed by atoms with van der Waals surface area (Å²) in [4.78, 5) is 20.1. The summed E-state index contributed by atoms with van der Waals surface area (Å²) >= 11 is 7.76. The van der Waals surface area contributed by atoms with Gasteiger partial charge in [-0.15, -0.1) is 0 Å². The van der Waals surface area contributed by atoms with Crippen LogP contribution in [-0.4, -0.2) is 23.7 Å². The molecule has 0 spiro atoms. The first-order valence-electron chi connectivity index (χ1n) is 9.35. The smallest absolute Gasteiger partial charge is 0.271 e. The van der Waals surface area contributed by atoms with Crippen LogP contribution in [0.3, 0.4) is 0 Å². The molecule has 1 saturated heterocycles. The summed E-state index contributed by atoms with van der Waals surface area (Å²) in [7, 11) is 0. The quantitative estimate of drug-likeness (QED) is 0.620. The minimum atomic E-state index is -0.105. The highest BCUT2D eigenvalue weighted by atomic mass is 35.5. The van der Waals surface area contributed by atoms with Crippen molar-refractivity contribution in [2.75, 3.05) is 11.5 Å². The Morgan fingerprint density at radius 1 is 1.25 bits per heavy atom. The van der Waals surface area contributed by atoms with Gasteiger partial charge in [-0.2, -0.15) is 0 Å². The van der Waals surface area contributed by atoms with Gasteiger partial charge in [-0.05, 0) is 79.9 Å². The number of para-hydroxylation sites is 1. The fraction of sp³-hybridized carbons (Fsp3) is 0.273. The summed E-state index contributed by atoms with van der Waals surface area (Å²) < 4.78 is 5.68. The van der Waals surface area contributed by atoms with Crippen molar-refractivity contribution in [3.63, 3.8) is 0 Å². The van der Waals surface area contributed by atoms with E-state index in [1.54, 1.807) is 11.0 Å². The Kier molecular flexibility index (Phi) is 5.47. The normalized spacial score (nSPS) is 19.4. The predicted molar refractivity (Wildman–Crippen MR) is 117 cm³/mol. The number of aryl methyl sites for hydroxylation is 1. The molecule has 4 rings (SSSR count). The van der Waals surface area contributed by atoms with E-state index in [-0.39, 0.29) is 11.9 Å². The zero-order valence-corrected chi connectivity index (χ0v) is 17.4. The van der Waals surface area contributed by atoms with Crippen LogP contribution in [0.5, 0.6) is 5.75 Å². The minimum absolute atomic E-state index is 0.0699. The number of ether oxygens (including phenoxy) is 1. The van der Waals surface area contributed by atoms with E-state index >= 15 is 0 Å². The predicted octanol–water partition coefficient (Wildman–Crippen LogP) is 5.55. The molecule has 0 saturated carbocycles. The maximum Gasteiger partial charge on any atom is 0.271 e. The molecule has 2 aromatic carbocycles. The first-order valence-corrected chi connectivity index (χ1v) is 10.5. The molecule has 0 bridgehead atoms. The Morgan fingerprint density at radius 3 is 2.86 bits per heavy atom. The highest BCUT2D eigenvalue weighted by Gasteiger charge is 2.35. The van der Waals surface area contributed by atoms with E-state index in [1.807, 2.05) is 50.3 Å². The number of hydrogen-bond donors (Lipinski definition) is 0. The third-order valence-corrected chi connectivity index (χ3v) is 5.80. The molecule has 2 aliphatic rings. The van der Waals surface area contributed by atoms with Crippen LogP contribution >= 0.6 is 23.4 Å². The summed E-state index contributed by atoms with van der Waals surface area (Å²) in [5, 5.41) is 1.18. The third-order valence-electron chi connectivity index (χ3n) is 4.50. The summed E-state index contributed by atoms with van der Waals surface area (Å²) in [6.07, 6.45) is 3.94. The summed E-state index contributed by atoms with van der Waals surface area (Å²) in [6, 6.07) is 13.5. The number of fused-ring (bicyclic) bond motifs is 1. The second kappa shape index (κ2) is 8.02.